The average Bonchev–Trinajstić information content (AvgIpc) is 2.96. The summed E-state index contributed by atoms with van der Waals surface area (Å²) in [5.74, 6) is 1.07. The van der Waals surface area contributed by atoms with Crippen molar-refractivity contribution in [2.24, 2.45) is 5.92 Å². The molecule has 1 aromatic carbocycles. The highest BCUT2D eigenvalue weighted by Crippen LogP contribution is 2.22. The van der Waals surface area contributed by atoms with E-state index in [2.05, 4.69) is 22.5 Å². The van der Waals surface area contributed by atoms with Crippen molar-refractivity contribution in [2.75, 3.05) is 5.32 Å². The molecule has 1 amide bonds. The number of rotatable bonds is 3. The van der Waals surface area contributed by atoms with Gasteiger partial charge in [-0.25, -0.2) is 4.98 Å². The molecule has 0 spiro atoms. The zero-order chi connectivity index (χ0) is 13.2. The lowest BCUT2D eigenvalue weighted by Gasteiger charge is -2.08. The maximum absolute atomic E-state index is 11.9. The van der Waals surface area contributed by atoms with Gasteiger partial charge in [0.15, 0.2) is 11.5 Å². The molecule has 1 heterocycles. The first-order valence-electron chi connectivity index (χ1n) is 6.54. The molecule has 0 fully saturated rings. The lowest BCUT2D eigenvalue weighted by atomic mass is 10.1. The summed E-state index contributed by atoms with van der Waals surface area (Å²) in [5.41, 5.74) is 2.29. The van der Waals surface area contributed by atoms with Crippen molar-refractivity contribution in [3.8, 4) is 0 Å². The van der Waals surface area contributed by atoms with Crippen molar-refractivity contribution in [2.45, 2.75) is 26.2 Å². The van der Waals surface area contributed by atoms with Gasteiger partial charge in [0.1, 0.15) is 5.52 Å². The molecule has 0 aliphatic heterocycles. The number of hydrogen-bond donors (Lipinski definition) is 1. The van der Waals surface area contributed by atoms with Gasteiger partial charge in [0.2, 0.25) is 5.91 Å². The van der Waals surface area contributed by atoms with E-state index < -0.39 is 0 Å². The van der Waals surface area contributed by atoms with Gasteiger partial charge in [-0.1, -0.05) is 12.2 Å². The van der Waals surface area contributed by atoms with Gasteiger partial charge in [-0.15, -0.1) is 0 Å². The van der Waals surface area contributed by atoms with Crippen molar-refractivity contribution in [3.63, 3.8) is 0 Å². The first-order valence-corrected chi connectivity index (χ1v) is 6.54. The summed E-state index contributed by atoms with van der Waals surface area (Å²) in [6, 6.07) is 5.52. The van der Waals surface area contributed by atoms with Crippen molar-refractivity contribution >= 4 is 22.7 Å². The van der Waals surface area contributed by atoms with Crippen LogP contribution in [0, 0.1) is 12.8 Å². The molecule has 0 saturated carbocycles. The topological polar surface area (TPSA) is 55.1 Å². The average molecular weight is 256 g/mol. The van der Waals surface area contributed by atoms with Crippen LogP contribution in [0.25, 0.3) is 11.1 Å². The van der Waals surface area contributed by atoms with Crippen LogP contribution in [-0.4, -0.2) is 10.9 Å². The Morgan fingerprint density at radius 2 is 2.42 bits per heavy atom. The third-order valence-corrected chi connectivity index (χ3v) is 3.34. The number of aromatic nitrogens is 1. The number of carbonyl (C=O) groups excluding carboxylic acids is 1. The van der Waals surface area contributed by atoms with Crippen molar-refractivity contribution in [1.82, 2.24) is 4.98 Å². The van der Waals surface area contributed by atoms with E-state index in [0.717, 1.165) is 29.6 Å². The number of nitrogens with one attached hydrogen (secondary N) is 1. The van der Waals surface area contributed by atoms with Gasteiger partial charge in [-0.3, -0.25) is 4.79 Å². The van der Waals surface area contributed by atoms with Gasteiger partial charge >= 0.3 is 0 Å². The largest absolute Gasteiger partial charge is 0.441 e. The van der Waals surface area contributed by atoms with E-state index in [9.17, 15) is 4.79 Å². The van der Waals surface area contributed by atoms with E-state index in [1.807, 2.05) is 25.1 Å². The summed E-state index contributed by atoms with van der Waals surface area (Å²) in [6.45, 7) is 1.81. The van der Waals surface area contributed by atoms with Crippen LogP contribution < -0.4 is 5.32 Å². The molecule has 1 aromatic heterocycles. The van der Waals surface area contributed by atoms with Gasteiger partial charge in [0.05, 0.1) is 0 Å². The summed E-state index contributed by atoms with van der Waals surface area (Å²) < 4.78 is 5.40. The van der Waals surface area contributed by atoms with Crippen molar-refractivity contribution < 1.29 is 9.21 Å². The van der Waals surface area contributed by atoms with E-state index in [-0.39, 0.29) is 5.91 Å². The number of allylic oxidation sites excluding steroid dienone is 2. The van der Waals surface area contributed by atoms with Crippen LogP contribution in [0.15, 0.2) is 34.8 Å². The third-order valence-electron chi connectivity index (χ3n) is 3.34. The molecule has 4 heteroatoms. The van der Waals surface area contributed by atoms with Crippen molar-refractivity contribution in [3.05, 3.63) is 36.2 Å². The molecular formula is C15H16N2O2. The minimum Gasteiger partial charge on any atom is -0.441 e. The number of oxazole rings is 1. The van der Waals surface area contributed by atoms with Gasteiger partial charge in [-0.05, 0) is 37.0 Å². The quantitative estimate of drug-likeness (QED) is 0.856. The lowest BCUT2D eigenvalue weighted by Crippen LogP contribution is -2.14. The van der Waals surface area contributed by atoms with Crippen LogP contribution in [0.1, 0.15) is 25.2 Å². The molecule has 0 bridgehead atoms. The number of carbonyl (C=O) groups is 1. The molecule has 0 unspecified atom stereocenters. The Morgan fingerprint density at radius 1 is 1.53 bits per heavy atom. The molecule has 1 atom stereocenters. The van der Waals surface area contributed by atoms with Gasteiger partial charge < -0.3 is 9.73 Å². The molecule has 0 radical (unpaired) electrons. The zero-order valence-electron chi connectivity index (χ0n) is 10.8. The summed E-state index contributed by atoms with van der Waals surface area (Å²) >= 11 is 0. The number of nitrogens with zero attached hydrogens (tertiary/aromatic N) is 1. The van der Waals surface area contributed by atoms with E-state index in [0.29, 0.717) is 18.2 Å². The SMILES string of the molecule is Cc1nc2cc(NC(=O)C[C@@H]3C=CCC3)ccc2o1. The fourth-order valence-corrected chi connectivity index (χ4v) is 2.44. The van der Waals surface area contributed by atoms with Crippen LogP contribution in [0.4, 0.5) is 5.69 Å². The van der Waals surface area contributed by atoms with E-state index in [1.54, 1.807) is 0 Å². The maximum Gasteiger partial charge on any atom is 0.224 e. The number of anilines is 1. The number of fused-ring (bicyclic) bond motifs is 1. The minimum absolute atomic E-state index is 0.0520. The summed E-state index contributed by atoms with van der Waals surface area (Å²) in [5, 5.41) is 2.92. The van der Waals surface area contributed by atoms with Crippen LogP contribution >= 0.6 is 0 Å². The Hall–Kier alpha value is -2.10. The normalized spacial score (nSPS) is 18.1. The summed E-state index contributed by atoms with van der Waals surface area (Å²) in [6.07, 6.45) is 6.98. The standard InChI is InChI=1S/C15H16N2O2/c1-10-16-13-9-12(6-7-14(13)19-10)17-15(18)8-11-4-2-3-5-11/h2,4,6-7,9,11H,3,5,8H2,1H3,(H,17,18)/t11-/m1/s1. The minimum atomic E-state index is 0.0520. The van der Waals surface area contributed by atoms with E-state index in [4.69, 9.17) is 4.42 Å². The smallest absolute Gasteiger partial charge is 0.224 e. The Balaban J connectivity index is 1.69. The van der Waals surface area contributed by atoms with E-state index >= 15 is 0 Å². The second-order valence-electron chi connectivity index (χ2n) is 4.93. The molecule has 1 aliphatic rings. The fraction of sp³-hybridized carbons (Fsp3) is 0.333. The Bertz CT molecular complexity index is 643. The second-order valence-corrected chi connectivity index (χ2v) is 4.93. The zero-order valence-corrected chi connectivity index (χ0v) is 10.8. The van der Waals surface area contributed by atoms with Crippen molar-refractivity contribution in [1.29, 1.82) is 0 Å². The van der Waals surface area contributed by atoms with Crippen LogP contribution in [-0.2, 0) is 4.79 Å². The highest BCUT2D eigenvalue weighted by molar-refractivity contribution is 5.93. The van der Waals surface area contributed by atoms with Gasteiger partial charge in [0.25, 0.3) is 0 Å². The highest BCUT2D eigenvalue weighted by Gasteiger charge is 2.14. The van der Waals surface area contributed by atoms with Gasteiger partial charge in [-0.2, -0.15) is 0 Å². The predicted molar refractivity (Wildman–Crippen MR) is 73.9 cm³/mol. The maximum atomic E-state index is 11.9. The first kappa shape index (κ1) is 12.0. The Labute approximate surface area is 111 Å². The lowest BCUT2D eigenvalue weighted by molar-refractivity contribution is -0.116. The molecule has 1 aliphatic carbocycles. The molecule has 4 nitrogen and oxygen atoms in total. The number of aryl methyl sites for hydroxylation is 1. The second kappa shape index (κ2) is 4.88. The Morgan fingerprint density at radius 3 is 3.21 bits per heavy atom. The van der Waals surface area contributed by atoms with Crippen LogP contribution in [0.5, 0.6) is 0 Å². The molecule has 3 rings (SSSR count). The molecule has 19 heavy (non-hydrogen) atoms. The molecular weight excluding hydrogens is 240 g/mol. The third kappa shape index (κ3) is 2.67. The Kier molecular flexibility index (Phi) is 3.07. The molecule has 98 valence electrons. The molecule has 1 N–H and O–H groups in total. The number of amides is 1. The first-order chi connectivity index (χ1) is 9.20. The number of benzene rings is 1. The molecule has 0 saturated heterocycles. The van der Waals surface area contributed by atoms with Crippen LogP contribution in [0.2, 0.25) is 0 Å². The summed E-state index contributed by atoms with van der Waals surface area (Å²) in [7, 11) is 0. The van der Waals surface area contributed by atoms with E-state index in [1.165, 1.54) is 0 Å². The summed E-state index contributed by atoms with van der Waals surface area (Å²) in [4.78, 5) is 16.2. The number of hydrogen-bond acceptors (Lipinski definition) is 3. The fourth-order valence-electron chi connectivity index (χ4n) is 2.44. The predicted octanol–water partition coefficient (Wildman–Crippen LogP) is 3.43. The molecule has 2 aromatic rings. The monoisotopic (exact) mass is 256 g/mol. The highest BCUT2D eigenvalue weighted by atomic mass is 16.3. The van der Waals surface area contributed by atoms with Gasteiger partial charge in [0, 0.05) is 19.0 Å². The van der Waals surface area contributed by atoms with Crippen LogP contribution in [0.3, 0.4) is 0 Å².